The fourth-order valence-electron chi connectivity index (χ4n) is 3.75. The van der Waals surface area contributed by atoms with Gasteiger partial charge in [-0.2, -0.15) is 0 Å². The predicted molar refractivity (Wildman–Crippen MR) is 67.1 cm³/mol. The normalized spacial score (nSPS) is 34.0. The van der Waals surface area contributed by atoms with E-state index in [9.17, 15) is 4.79 Å². The van der Waals surface area contributed by atoms with Gasteiger partial charge >= 0.3 is 0 Å². The maximum absolute atomic E-state index is 12.6. The molecule has 0 aliphatic heterocycles. The first-order chi connectivity index (χ1) is 7.48. The standard InChI is InChI=1S/C15H22O/c1-5-7-15(8-6-2)10-11-9-12(13(15)16)14(11,3)4/h5-6,11-12H,1-2,7-10H2,3-4H3/t11-,12+/m0/s1. The fourth-order valence-corrected chi connectivity index (χ4v) is 3.75. The molecule has 0 radical (unpaired) electrons. The molecule has 1 heteroatoms. The van der Waals surface area contributed by atoms with Crippen molar-refractivity contribution in [3.63, 3.8) is 0 Å². The van der Waals surface area contributed by atoms with Gasteiger partial charge in [0.1, 0.15) is 5.78 Å². The molecular formula is C15H22O. The zero-order valence-corrected chi connectivity index (χ0v) is 10.5. The molecule has 3 aliphatic carbocycles. The van der Waals surface area contributed by atoms with Crippen LogP contribution in [-0.4, -0.2) is 5.78 Å². The van der Waals surface area contributed by atoms with E-state index in [-0.39, 0.29) is 16.7 Å². The van der Waals surface area contributed by atoms with Gasteiger partial charge in [-0.1, -0.05) is 26.0 Å². The van der Waals surface area contributed by atoms with Crippen LogP contribution in [0.3, 0.4) is 0 Å². The number of Topliss-reactive ketones (excluding diaryl/α,β-unsaturated/α-hetero) is 1. The van der Waals surface area contributed by atoms with E-state index in [2.05, 4.69) is 27.0 Å². The van der Waals surface area contributed by atoms with Gasteiger partial charge in [0.05, 0.1) is 0 Å². The Morgan fingerprint density at radius 3 is 2.25 bits per heavy atom. The van der Waals surface area contributed by atoms with E-state index in [0.29, 0.717) is 5.78 Å². The summed E-state index contributed by atoms with van der Waals surface area (Å²) in [4.78, 5) is 12.6. The molecule has 3 rings (SSSR count). The van der Waals surface area contributed by atoms with Crippen LogP contribution in [0.1, 0.15) is 39.5 Å². The van der Waals surface area contributed by atoms with E-state index in [1.165, 1.54) is 0 Å². The lowest BCUT2D eigenvalue weighted by atomic mass is 9.42. The first-order valence-electron chi connectivity index (χ1n) is 6.24. The van der Waals surface area contributed by atoms with E-state index in [1.807, 2.05) is 12.2 Å². The Morgan fingerprint density at radius 2 is 1.88 bits per heavy atom. The summed E-state index contributed by atoms with van der Waals surface area (Å²) in [6.45, 7) is 12.1. The van der Waals surface area contributed by atoms with Gasteiger partial charge in [0.15, 0.2) is 0 Å². The minimum Gasteiger partial charge on any atom is -0.299 e. The molecule has 0 N–H and O–H groups in total. The molecule has 3 fully saturated rings. The van der Waals surface area contributed by atoms with Crippen molar-refractivity contribution in [3.05, 3.63) is 25.3 Å². The van der Waals surface area contributed by atoms with Gasteiger partial charge < -0.3 is 0 Å². The molecule has 0 spiro atoms. The van der Waals surface area contributed by atoms with Crippen LogP contribution in [0.25, 0.3) is 0 Å². The molecule has 0 aromatic carbocycles. The average molecular weight is 218 g/mol. The van der Waals surface area contributed by atoms with E-state index in [0.717, 1.165) is 31.6 Å². The summed E-state index contributed by atoms with van der Waals surface area (Å²) in [5, 5.41) is 0. The number of hydrogen-bond acceptors (Lipinski definition) is 1. The first-order valence-corrected chi connectivity index (χ1v) is 6.24. The van der Waals surface area contributed by atoms with Crippen molar-refractivity contribution in [1.82, 2.24) is 0 Å². The Morgan fingerprint density at radius 1 is 1.31 bits per heavy atom. The van der Waals surface area contributed by atoms with Gasteiger partial charge in [0.25, 0.3) is 0 Å². The smallest absolute Gasteiger partial charge is 0.143 e. The molecule has 0 amide bonds. The van der Waals surface area contributed by atoms with Crippen molar-refractivity contribution < 1.29 is 4.79 Å². The monoisotopic (exact) mass is 218 g/mol. The molecule has 3 aliphatic rings. The third-order valence-electron chi connectivity index (χ3n) is 5.02. The quantitative estimate of drug-likeness (QED) is 0.657. The fraction of sp³-hybridized carbons (Fsp3) is 0.667. The highest BCUT2D eigenvalue weighted by Gasteiger charge is 2.62. The summed E-state index contributed by atoms with van der Waals surface area (Å²) in [6.07, 6.45) is 7.59. The summed E-state index contributed by atoms with van der Waals surface area (Å²) in [5.41, 5.74) is 0.0789. The van der Waals surface area contributed by atoms with Crippen LogP contribution in [0.4, 0.5) is 0 Å². The molecule has 0 heterocycles. The molecular weight excluding hydrogens is 196 g/mol. The largest absolute Gasteiger partial charge is 0.299 e. The first kappa shape index (κ1) is 11.6. The summed E-state index contributed by atoms with van der Waals surface area (Å²) in [5.74, 6) is 1.47. The van der Waals surface area contributed by atoms with Crippen LogP contribution < -0.4 is 0 Å². The van der Waals surface area contributed by atoms with Gasteiger partial charge in [-0.25, -0.2) is 0 Å². The number of ketones is 1. The van der Waals surface area contributed by atoms with Gasteiger partial charge in [0.2, 0.25) is 0 Å². The molecule has 0 unspecified atom stereocenters. The second-order valence-corrected chi connectivity index (χ2v) is 6.14. The number of hydrogen-bond donors (Lipinski definition) is 0. The zero-order valence-electron chi connectivity index (χ0n) is 10.5. The highest BCUT2D eigenvalue weighted by molar-refractivity contribution is 5.90. The Balaban J connectivity index is 2.27. The van der Waals surface area contributed by atoms with Gasteiger partial charge in [0, 0.05) is 11.3 Å². The third kappa shape index (κ3) is 1.33. The van der Waals surface area contributed by atoms with Crippen molar-refractivity contribution in [2.24, 2.45) is 22.7 Å². The minimum atomic E-state index is -0.160. The molecule has 0 saturated heterocycles. The second kappa shape index (κ2) is 3.58. The Hall–Kier alpha value is -0.850. The van der Waals surface area contributed by atoms with E-state index < -0.39 is 0 Å². The highest BCUT2D eigenvalue weighted by atomic mass is 16.1. The number of fused-ring (bicyclic) bond motifs is 2. The molecule has 16 heavy (non-hydrogen) atoms. The summed E-state index contributed by atoms with van der Waals surface area (Å²) >= 11 is 0. The molecule has 2 atom stereocenters. The minimum absolute atomic E-state index is 0.160. The van der Waals surface area contributed by atoms with Crippen molar-refractivity contribution in [1.29, 1.82) is 0 Å². The summed E-state index contributed by atoms with van der Waals surface area (Å²) < 4.78 is 0. The van der Waals surface area contributed by atoms with Crippen LogP contribution in [0.15, 0.2) is 25.3 Å². The van der Waals surface area contributed by atoms with Crippen LogP contribution in [-0.2, 0) is 4.79 Å². The molecule has 3 saturated carbocycles. The SMILES string of the molecule is C=CCC1(CC=C)C[C@@H]2C[C@H](C1=O)C2(C)C. The maximum atomic E-state index is 12.6. The Labute approximate surface area is 98.6 Å². The second-order valence-electron chi connectivity index (χ2n) is 6.14. The highest BCUT2D eigenvalue weighted by Crippen LogP contribution is 2.63. The topological polar surface area (TPSA) is 17.1 Å². The van der Waals surface area contributed by atoms with E-state index in [1.54, 1.807) is 0 Å². The van der Waals surface area contributed by atoms with Crippen LogP contribution in [0, 0.1) is 22.7 Å². The Kier molecular flexibility index (Phi) is 2.60. The zero-order chi connectivity index (χ0) is 12.0. The van der Waals surface area contributed by atoms with E-state index in [4.69, 9.17) is 0 Å². The number of carbonyl (C=O) groups excluding carboxylic acids is 1. The molecule has 2 bridgehead atoms. The lowest BCUT2D eigenvalue weighted by Crippen LogP contribution is -2.60. The average Bonchev–Trinajstić information content (AvgIpc) is 2.22. The molecule has 0 aromatic heterocycles. The lowest BCUT2D eigenvalue weighted by molar-refractivity contribution is -0.169. The number of allylic oxidation sites excluding steroid dienone is 2. The van der Waals surface area contributed by atoms with Gasteiger partial charge in [-0.15, -0.1) is 13.2 Å². The van der Waals surface area contributed by atoms with Crippen LogP contribution in [0.2, 0.25) is 0 Å². The van der Waals surface area contributed by atoms with Crippen LogP contribution >= 0.6 is 0 Å². The van der Waals surface area contributed by atoms with Crippen molar-refractivity contribution in [2.75, 3.05) is 0 Å². The lowest BCUT2D eigenvalue weighted by Gasteiger charge is -2.61. The third-order valence-corrected chi connectivity index (χ3v) is 5.02. The predicted octanol–water partition coefficient (Wildman–Crippen LogP) is 3.76. The maximum Gasteiger partial charge on any atom is 0.143 e. The molecule has 0 aromatic rings. The van der Waals surface area contributed by atoms with Gasteiger partial charge in [-0.3, -0.25) is 4.79 Å². The van der Waals surface area contributed by atoms with Crippen molar-refractivity contribution in [2.45, 2.75) is 39.5 Å². The van der Waals surface area contributed by atoms with Gasteiger partial charge in [-0.05, 0) is 37.0 Å². The Bertz CT molecular complexity index is 327. The van der Waals surface area contributed by atoms with E-state index >= 15 is 0 Å². The summed E-state index contributed by atoms with van der Waals surface area (Å²) in [6, 6.07) is 0. The molecule has 1 nitrogen and oxygen atoms in total. The molecule has 88 valence electrons. The number of carbonyl (C=O) groups is 1. The van der Waals surface area contributed by atoms with Crippen LogP contribution in [0.5, 0.6) is 0 Å². The van der Waals surface area contributed by atoms with Crippen molar-refractivity contribution >= 4 is 5.78 Å². The summed E-state index contributed by atoms with van der Waals surface area (Å²) in [7, 11) is 0. The van der Waals surface area contributed by atoms with Crippen molar-refractivity contribution in [3.8, 4) is 0 Å². The number of rotatable bonds is 4.